The SMILES string of the molecule is CC1(C#N)CCC/C1=C/c1ccccc1. The summed E-state index contributed by atoms with van der Waals surface area (Å²) in [5, 5.41) is 9.18. The molecular formula is C14H15N. The van der Waals surface area contributed by atoms with Gasteiger partial charge in [0.05, 0.1) is 11.5 Å². The van der Waals surface area contributed by atoms with Crippen LogP contribution in [0.4, 0.5) is 0 Å². The summed E-state index contributed by atoms with van der Waals surface area (Å²) >= 11 is 0. The van der Waals surface area contributed by atoms with Crippen molar-refractivity contribution in [3.63, 3.8) is 0 Å². The van der Waals surface area contributed by atoms with Crippen LogP contribution in [-0.4, -0.2) is 0 Å². The second-order valence-electron chi connectivity index (χ2n) is 4.38. The molecule has 1 atom stereocenters. The van der Waals surface area contributed by atoms with Crippen LogP contribution in [0.3, 0.4) is 0 Å². The van der Waals surface area contributed by atoms with Gasteiger partial charge in [0, 0.05) is 0 Å². The highest BCUT2D eigenvalue weighted by atomic mass is 14.4. The first-order chi connectivity index (χ1) is 7.24. The van der Waals surface area contributed by atoms with Crippen molar-refractivity contribution < 1.29 is 0 Å². The topological polar surface area (TPSA) is 23.8 Å². The van der Waals surface area contributed by atoms with Gasteiger partial charge in [-0.2, -0.15) is 5.26 Å². The second-order valence-corrected chi connectivity index (χ2v) is 4.38. The molecule has 0 heterocycles. The van der Waals surface area contributed by atoms with Crippen LogP contribution in [0, 0.1) is 16.7 Å². The Labute approximate surface area is 91.0 Å². The van der Waals surface area contributed by atoms with E-state index >= 15 is 0 Å². The van der Waals surface area contributed by atoms with Crippen molar-refractivity contribution in [3.8, 4) is 6.07 Å². The highest BCUT2D eigenvalue weighted by molar-refractivity contribution is 5.56. The third-order valence-corrected chi connectivity index (χ3v) is 3.22. The van der Waals surface area contributed by atoms with Gasteiger partial charge in [0.2, 0.25) is 0 Å². The quantitative estimate of drug-likeness (QED) is 0.672. The molecule has 1 saturated carbocycles. The van der Waals surface area contributed by atoms with E-state index in [0.717, 1.165) is 19.3 Å². The monoisotopic (exact) mass is 197 g/mol. The molecule has 1 fully saturated rings. The largest absolute Gasteiger partial charge is 0.197 e. The zero-order valence-corrected chi connectivity index (χ0v) is 9.03. The number of hydrogen-bond donors (Lipinski definition) is 0. The molecule has 0 spiro atoms. The fourth-order valence-electron chi connectivity index (χ4n) is 2.18. The number of benzene rings is 1. The lowest BCUT2D eigenvalue weighted by Crippen LogP contribution is -2.09. The maximum atomic E-state index is 9.18. The molecule has 1 heteroatoms. The van der Waals surface area contributed by atoms with Gasteiger partial charge in [-0.05, 0) is 37.3 Å². The van der Waals surface area contributed by atoms with Gasteiger partial charge in [-0.15, -0.1) is 0 Å². The Morgan fingerprint density at radius 1 is 1.33 bits per heavy atom. The van der Waals surface area contributed by atoms with E-state index in [1.807, 2.05) is 18.2 Å². The van der Waals surface area contributed by atoms with E-state index in [0.29, 0.717) is 0 Å². The van der Waals surface area contributed by atoms with Gasteiger partial charge in [0.1, 0.15) is 0 Å². The molecule has 1 aliphatic carbocycles. The summed E-state index contributed by atoms with van der Waals surface area (Å²) < 4.78 is 0. The van der Waals surface area contributed by atoms with E-state index in [2.05, 4.69) is 31.2 Å². The molecule has 0 bridgehead atoms. The first-order valence-electron chi connectivity index (χ1n) is 5.42. The van der Waals surface area contributed by atoms with Gasteiger partial charge in [-0.1, -0.05) is 36.4 Å². The van der Waals surface area contributed by atoms with Crippen molar-refractivity contribution >= 4 is 6.08 Å². The minimum absolute atomic E-state index is 0.226. The van der Waals surface area contributed by atoms with E-state index in [9.17, 15) is 5.26 Å². The Hall–Kier alpha value is -1.55. The molecular weight excluding hydrogens is 182 g/mol. The van der Waals surface area contributed by atoms with E-state index in [1.54, 1.807) is 0 Å². The second kappa shape index (κ2) is 3.90. The highest BCUT2D eigenvalue weighted by Gasteiger charge is 2.33. The Bertz CT molecular complexity index is 411. The molecule has 0 aromatic heterocycles. The molecule has 1 aliphatic rings. The summed E-state index contributed by atoms with van der Waals surface area (Å²) in [6.45, 7) is 2.05. The molecule has 1 aromatic rings. The van der Waals surface area contributed by atoms with Crippen LogP contribution < -0.4 is 0 Å². The lowest BCUT2D eigenvalue weighted by Gasteiger charge is -2.15. The normalized spacial score (nSPS) is 27.9. The first-order valence-corrected chi connectivity index (χ1v) is 5.42. The zero-order valence-electron chi connectivity index (χ0n) is 9.03. The number of hydrogen-bond acceptors (Lipinski definition) is 1. The third-order valence-electron chi connectivity index (χ3n) is 3.22. The van der Waals surface area contributed by atoms with Crippen LogP contribution in [0.15, 0.2) is 35.9 Å². The standard InChI is InChI=1S/C14H15N/c1-14(11-15)9-5-8-13(14)10-12-6-3-2-4-7-12/h2-4,6-7,10H,5,8-9H2,1H3/b13-10-. The molecule has 1 unspecified atom stereocenters. The van der Waals surface area contributed by atoms with Gasteiger partial charge in [0.25, 0.3) is 0 Å². The molecule has 0 radical (unpaired) electrons. The Balaban J connectivity index is 2.32. The van der Waals surface area contributed by atoms with Gasteiger partial charge in [-0.25, -0.2) is 0 Å². The van der Waals surface area contributed by atoms with E-state index < -0.39 is 0 Å². The lowest BCUT2D eigenvalue weighted by atomic mass is 9.85. The molecule has 0 amide bonds. The van der Waals surface area contributed by atoms with Crippen LogP contribution in [-0.2, 0) is 0 Å². The molecule has 1 nitrogen and oxygen atoms in total. The minimum Gasteiger partial charge on any atom is -0.197 e. The summed E-state index contributed by atoms with van der Waals surface area (Å²) in [5.74, 6) is 0. The summed E-state index contributed by atoms with van der Waals surface area (Å²) in [6.07, 6.45) is 5.39. The zero-order chi connectivity index (χ0) is 10.7. The third kappa shape index (κ3) is 1.94. The van der Waals surface area contributed by atoms with E-state index in [4.69, 9.17) is 0 Å². The number of rotatable bonds is 1. The molecule has 15 heavy (non-hydrogen) atoms. The Morgan fingerprint density at radius 2 is 2.07 bits per heavy atom. The van der Waals surface area contributed by atoms with Crippen molar-refractivity contribution in [2.75, 3.05) is 0 Å². The Morgan fingerprint density at radius 3 is 2.73 bits per heavy atom. The number of nitrogens with zero attached hydrogens (tertiary/aromatic N) is 1. The van der Waals surface area contributed by atoms with Crippen molar-refractivity contribution in [1.82, 2.24) is 0 Å². The van der Waals surface area contributed by atoms with Crippen LogP contribution in [0.1, 0.15) is 31.7 Å². The van der Waals surface area contributed by atoms with E-state index in [-0.39, 0.29) is 5.41 Å². The van der Waals surface area contributed by atoms with Gasteiger partial charge < -0.3 is 0 Å². The number of nitriles is 1. The molecule has 1 aromatic carbocycles. The average molecular weight is 197 g/mol. The van der Waals surface area contributed by atoms with Crippen molar-refractivity contribution in [2.24, 2.45) is 5.41 Å². The fourth-order valence-corrected chi connectivity index (χ4v) is 2.18. The smallest absolute Gasteiger partial charge is 0.0757 e. The number of allylic oxidation sites excluding steroid dienone is 1. The molecule has 76 valence electrons. The summed E-state index contributed by atoms with van der Waals surface area (Å²) in [7, 11) is 0. The molecule has 0 N–H and O–H groups in total. The molecule has 0 saturated heterocycles. The van der Waals surface area contributed by atoms with Crippen LogP contribution in [0.2, 0.25) is 0 Å². The summed E-state index contributed by atoms with van der Waals surface area (Å²) in [6, 6.07) is 12.7. The first kappa shape index (κ1) is 9.98. The van der Waals surface area contributed by atoms with Crippen molar-refractivity contribution in [2.45, 2.75) is 26.2 Å². The van der Waals surface area contributed by atoms with Crippen LogP contribution >= 0.6 is 0 Å². The maximum Gasteiger partial charge on any atom is 0.0757 e. The Kier molecular flexibility index (Phi) is 2.60. The summed E-state index contributed by atoms with van der Waals surface area (Å²) in [5.41, 5.74) is 2.27. The maximum absolute atomic E-state index is 9.18. The van der Waals surface area contributed by atoms with Crippen LogP contribution in [0.5, 0.6) is 0 Å². The van der Waals surface area contributed by atoms with Crippen LogP contribution in [0.25, 0.3) is 6.08 Å². The molecule has 2 rings (SSSR count). The highest BCUT2D eigenvalue weighted by Crippen LogP contribution is 2.42. The van der Waals surface area contributed by atoms with Gasteiger partial charge >= 0.3 is 0 Å². The van der Waals surface area contributed by atoms with Gasteiger partial charge in [0.15, 0.2) is 0 Å². The predicted octanol–water partition coefficient (Wildman–Crippen LogP) is 3.78. The van der Waals surface area contributed by atoms with E-state index in [1.165, 1.54) is 11.1 Å². The molecule has 0 aliphatic heterocycles. The predicted molar refractivity (Wildman–Crippen MR) is 62.0 cm³/mol. The van der Waals surface area contributed by atoms with Gasteiger partial charge in [-0.3, -0.25) is 0 Å². The fraction of sp³-hybridized carbons (Fsp3) is 0.357. The van der Waals surface area contributed by atoms with Crippen molar-refractivity contribution in [1.29, 1.82) is 5.26 Å². The lowest BCUT2D eigenvalue weighted by molar-refractivity contribution is 0.548. The minimum atomic E-state index is -0.226. The van der Waals surface area contributed by atoms with Crippen molar-refractivity contribution in [3.05, 3.63) is 41.5 Å². The average Bonchev–Trinajstić information content (AvgIpc) is 2.63. The summed E-state index contributed by atoms with van der Waals surface area (Å²) in [4.78, 5) is 0.